The second kappa shape index (κ2) is 5.40. The first-order valence-corrected chi connectivity index (χ1v) is 7.34. The number of hydrogen-bond acceptors (Lipinski definition) is 2. The molecule has 1 atom stereocenters. The van der Waals surface area contributed by atoms with Gasteiger partial charge in [0.2, 0.25) is 5.91 Å². The Morgan fingerprint density at radius 1 is 1.42 bits per heavy atom. The molecule has 1 fully saturated rings. The fraction of sp³-hybridized carbons (Fsp3) is 0.455. The second-order valence-electron chi connectivity index (χ2n) is 4.23. The van der Waals surface area contributed by atoms with Crippen molar-refractivity contribution in [1.29, 1.82) is 0 Å². The van der Waals surface area contributed by atoms with Crippen molar-refractivity contribution >= 4 is 43.6 Å². The van der Waals surface area contributed by atoms with Gasteiger partial charge in [0.25, 0.3) is 0 Å². The number of alkyl halides is 4. The molecular weight excluding hydrogens is 393 g/mol. The van der Waals surface area contributed by atoms with Gasteiger partial charge in [-0.15, -0.1) is 0 Å². The van der Waals surface area contributed by atoms with Crippen molar-refractivity contribution in [3.63, 3.8) is 0 Å². The fourth-order valence-electron chi connectivity index (χ4n) is 1.89. The summed E-state index contributed by atoms with van der Waals surface area (Å²) in [5.74, 6) is -0.0522. The van der Waals surface area contributed by atoms with E-state index in [2.05, 4.69) is 36.8 Å². The van der Waals surface area contributed by atoms with E-state index in [1.165, 1.54) is 17.0 Å². The highest BCUT2D eigenvalue weighted by atomic mass is 79.9. The summed E-state index contributed by atoms with van der Waals surface area (Å²) in [4.78, 5) is 16.6. The monoisotopic (exact) mass is 400 g/mol. The van der Waals surface area contributed by atoms with Crippen LogP contribution in [0.5, 0.6) is 0 Å². The molecule has 19 heavy (non-hydrogen) atoms. The van der Waals surface area contributed by atoms with E-state index in [0.29, 0.717) is 18.3 Å². The van der Waals surface area contributed by atoms with Gasteiger partial charge >= 0.3 is 6.18 Å². The van der Waals surface area contributed by atoms with Crippen LogP contribution in [0.15, 0.2) is 16.6 Å². The van der Waals surface area contributed by atoms with Crippen LogP contribution in [0.25, 0.3) is 0 Å². The Bertz CT molecular complexity index is 507. The third kappa shape index (κ3) is 3.10. The molecule has 1 aromatic rings. The molecule has 1 aromatic heterocycles. The Balaban J connectivity index is 2.34. The van der Waals surface area contributed by atoms with E-state index in [-0.39, 0.29) is 22.1 Å². The predicted octanol–water partition coefficient (Wildman–Crippen LogP) is 3.61. The maximum atomic E-state index is 12.8. The maximum Gasteiger partial charge on any atom is 0.434 e. The number of hydrogen-bond donors (Lipinski definition) is 0. The molecule has 3 nitrogen and oxygen atoms in total. The second-order valence-corrected chi connectivity index (χ2v) is 5.73. The SMILES string of the molecule is O=C1CC(CBr)CN1c1ccc(Br)c(C(F)(F)F)n1. The van der Waals surface area contributed by atoms with Crippen LogP contribution < -0.4 is 4.90 Å². The fourth-order valence-corrected chi connectivity index (χ4v) is 2.77. The molecule has 1 aliphatic heterocycles. The van der Waals surface area contributed by atoms with Gasteiger partial charge in [-0.1, -0.05) is 15.9 Å². The van der Waals surface area contributed by atoms with Crippen LogP contribution in [0.1, 0.15) is 12.1 Å². The molecule has 8 heteroatoms. The van der Waals surface area contributed by atoms with Crippen LogP contribution in [0.4, 0.5) is 19.0 Å². The Labute approximate surface area is 124 Å². The van der Waals surface area contributed by atoms with Crippen molar-refractivity contribution in [2.24, 2.45) is 5.92 Å². The number of rotatable bonds is 2. The Morgan fingerprint density at radius 3 is 2.63 bits per heavy atom. The molecule has 1 aliphatic rings. The van der Waals surface area contributed by atoms with Gasteiger partial charge in [-0.25, -0.2) is 4.98 Å². The first-order chi connectivity index (χ1) is 8.82. The van der Waals surface area contributed by atoms with Crippen molar-refractivity contribution in [2.75, 3.05) is 16.8 Å². The minimum absolute atomic E-state index is 0.0453. The van der Waals surface area contributed by atoms with Gasteiger partial charge < -0.3 is 0 Å². The van der Waals surface area contributed by atoms with Gasteiger partial charge in [-0.2, -0.15) is 13.2 Å². The Morgan fingerprint density at radius 2 is 2.11 bits per heavy atom. The van der Waals surface area contributed by atoms with E-state index in [1.807, 2.05) is 0 Å². The van der Waals surface area contributed by atoms with Crippen molar-refractivity contribution in [3.05, 3.63) is 22.3 Å². The van der Waals surface area contributed by atoms with Crippen molar-refractivity contribution in [1.82, 2.24) is 4.98 Å². The smallest absolute Gasteiger partial charge is 0.296 e. The van der Waals surface area contributed by atoms with Gasteiger partial charge in [0.05, 0.1) is 0 Å². The summed E-state index contributed by atoms with van der Waals surface area (Å²) in [5.41, 5.74) is -1.01. The molecule has 0 N–H and O–H groups in total. The van der Waals surface area contributed by atoms with Gasteiger partial charge in [-0.3, -0.25) is 9.69 Å². The van der Waals surface area contributed by atoms with Gasteiger partial charge in [0, 0.05) is 22.8 Å². The van der Waals surface area contributed by atoms with E-state index in [9.17, 15) is 18.0 Å². The molecule has 0 aromatic carbocycles. The average molecular weight is 402 g/mol. The number of amides is 1. The lowest BCUT2D eigenvalue weighted by atomic mass is 10.2. The lowest BCUT2D eigenvalue weighted by Crippen LogP contribution is -2.26. The molecule has 104 valence electrons. The van der Waals surface area contributed by atoms with Crippen LogP contribution in [-0.4, -0.2) is 22.8 Å². The molecule has 0 spiro atoms. The number of nitrogens with zero attached hydrogens (tertiary/aromatic N) is 2. The first-order valence-electron chi connectivity index (χ1n) is 5.43. The molecule has 1 saturated heterocycles. The van der Waals surface area contributed by atoms with Gasteiger partial charge in [-0.05, 0) is 34.0 Å². The maximum absolute atomic E-state index is 12.8. The van der Waals surface area contributed by atoms with Gasteiger partial charge in [0.15, 0.2) is 5.69 Å². The predicted molar refractivity (Wildman–Crippen MR) is 71.2 cm³/mol. The highest BCUT2D eigenvalue weighted by molar-refractivity contribution is 9.10. The van der Waals surface area contributed by atoms with Crippen LogP contribution in [0.2, 0.25) is 0 Å². The summed E-state index contributed by atoms with van der Waals surface area (Å²) >= 11 is 6.10. The zero-order valence-electron chi connectivity index (χ0n) is 9.55. The quantitative estimate of drug-likeness (QED) is 0.709. The topological polar surface area (TPSA) is 33.2 Å². The zero-order valence-corrected chi connectivity index (χ0v) is 12.7. The van der Waals surface area contributed by atoms with Crippen LogP contribution >= 0.6 is 31.9 Å². The van der Waals surface area contributed by atoms with Crippen LogP contribution in [0, 0.1) is 5.92 Å². The number of anilines is 1. The standard InChI is InChI=1S/C11H9Br2F3N2O/c12-4-6-3-9(19)18(5-6)8-2-1-7(13)10(17-8)11(14,15)16/h1-2,6H,3-5H2. The Hall–Kier alpha value is -0.630. The minimum atomic E-state index is -4.55. The molecule has 1 unspecified atom stereocenters. The normalized spacial score (nSPS) is 20.2. The van der Waals surface area contributed by atoms with Gasteiger partial charge in [0.1, 0.15) is 5.82 Å². The highest BCUT2D eigenvalue weighted by Gasteiger charge is 2.37. The van der Waals surface area contributed by atoms with Crippen molar-refractivity contribution < 1.29 is 18.0 Å². The van der Waals surface area contributed by atoms with Crippen LogP contribution in [0.3, 0.4) is 0 Å². The largest absolute Gasteiger partial charge is 0.434 e. The number of aromatic nitrogens is 1. The van der Waals surface area contributed by atoms with Crippen molar-refractivity contribution in [2.45, 2.75) is 12.6 Å². The molecular formula is C11H9Br2F3N2O. The third-order valence-corrected chi connectivity index (χ3v) is 4.36. The van der Waals surface area contributed by atoms with E-state index in [0.717, 1.165) is 0 Å². The number of halogens is 5. The molecule has 0 saturated carbocycles. The summed E-state index contributed by atoms with van der Waals surface area (Å²) in [7, 11) is 0. The molecule has 0 aliphatic carbocycles. The molecule has 2 rings (SSSR count). The number of pyridine rings is 1. The molecule has 0 bridgehead atoms. The molecule has 0 radical (unpaired) electrons. The lowest BCUT2D eigenvalue weighted by molar-refractivity contribution is -0.141. The summed E-state index contributed by atoms with van der Waals surface area (Å²) in [6.07, 6.45) is -4.23. The Kier molecular flexibility index (Phi) is 4.20. The summed E-state index contributed by atoms with van der Waals surface area (Å²) in [5, 5.41) is 0.637. The lowest BCUT2D eigenvalue weighted by Gasteiger charge is -2.17. The summed E-state index contributed by atoms with van der Waals surface area (Å²) < 4.78 is 38.1. The minimum Gasteiger partial charge on any atom is -0.296 e. The van der Waals surface area contributed by atoms with E-state index >= 15 is 0 Å². The van der Waals surface area contributed by atoms with Crippen LogP contribution in [-0.2, 0) is 11.0 Å². The van der Waals surface area contributed by atoms with Crippen molar-refractivity contribution in [3.8, 4) is 0 Å². The zero-order chi connectivity index (χ0) is 14.2. The number of carbonyl (C=O) groups is 1. The van der Waals surface area contributed by atoms with E-state index in [4.69, 9.17) is 0 Å². The molecule has 2 heterocycles. The summed E-state index contributed by atoms with van der Waals surface area (Å²) in [6, 6.07) is 2.67. The van der Waals surface area contributed by atoms with E-state index in [1.54, 1.807) is 0 Å². The summed E-state index contributed by atoms with van der Waals surface area (Å²) in [6.45, 7) is 0.385. The number of carbonyl (C=O) groups excluding carboxylic acids is 1. The molecule has 1 amide bonds. The average Bonchev–Trinajstić information content (AvgIpc) is 2.70. The third-order valence-electron chi connectivity index (χ3n) is 2.80. The van der Waals surface area contributed by atoms with E-state index < -0.39 is 11.9 Å². The highest BCUT2D eigenvalue weighted by Crippen LogP contribution is 2.35. The first kappa shape index (κ1) is 14.8.